The second-order valence-electron chi connectivity index (χ2n) is 6.23. The van der Waals surface area contributed by atoms with Crippen LogP contribution >= 0.6 is 0 Å². The molecule has 2 aliphatic carbocycles. The molecule has 0 saturated heterocycles. The third-order valence-corrected chi connectivity index (χ3v) is 4.52. The summed E-state index contributed by atoms with van der Waals surface area (Å²) in [4.78, 5) is 12.1. The van der Waals surface area contributed by atoms with Crippen LogP contribution in [0.25, 0.3) is 11.4 Å². The van der Waals surface area contributed by atoms with Gasteiger partial charge in [0.2, 0.25) is 5.91 Å². The summed E-state index contributed by atoms with van der Waals surface area (Å²) in [5.74, 6) is 1.13. The van der Waals surface area contributed by atoms with Gasteiger partial charge in [-0.25, -0.2) is 4.68 Å². The number of hydrogen-bond donors (Lipinski definition) is 1. The van der Waals surface area contributed by atoms with Crippen LogP contribution in [0.15, 0.2) is 24.3 Å². The number of nitrogens with one attached hydrogen (secondary N) is 1. The van der Waals surface area contributed by atoms with E-state index in [0.717, 1.165) is 42.8 Å². The first kappa shape index (κ1) is 13.4. The second kappa shape index (κ2) is 5.51. The molecule has 114 valence electrons. The number of anilines is 1. The van der Waals surface area contributed by atoms with Crippen LogP contribution in [0.2, 0.25) is 0 Å². The highest BCUT2D eigenvalue weighted by atomic mass is 16.1. The third kappa shape index (κ3) is 2.61. The lowest BCUT2D eigenvalue weighted by Crippen LogP contribution is -2.20. The lowest BCUT2D eigenvalue weighted by atomic mass is 10.1. The quantitative estimate of drug-likeness (QED) is 0.941. The maximum absolute atomic E-state index is 12.1. The molecule has 0 spiro atoms. The summed E-state index contributed by atoms with van der Waals surface area (Å²) in [6, 6.07) is 8.23. The first-order valence-electron chi connectivity index (χ1n) is 8.00. The van der Waals surface area contributed by atoms with Crippen molar-refractivity contribution in [2.45, 2.75) is 44.6 Å². The molecule has 0 atom stereocenters. The van der Waals surface area contributed by atoms with Gasteiger partial charge in [0.25, 0.3) is 0 Å². The molecule has 1 aromatic heterocycles. The highest BCUT2D eigenvalue weighted by Gasteiger charge is 2.28. The van der Waals surface area contributed by atoms with Gasteiger partial charge in [0.1, 0.15) is 0 Å². The number of nitrogens with zero attached hydrogens (tertiary/aromatic N) is 4. The monoisotopic (exact) mass is 297 g/mol. The summed E-state index contributed by atoms with van der Waals surface area (Å²) in [6.45, 7) is 0. The van der Waals surface area contributed by atoms with E-state index in [4.69, 9.17) is 0 Å². The van der Waals surface area contributed by atoms with E-state index in [1.165, 1.54) is 12.8 Å². The van der Waals surface area contributed by atoms with Crippen molar-refractivity contribution < 1.29 is 4.79 Å². The molecule has 0 aliphatic heterocycles. The lowest BCUT2D eigenvalue weighted by Gasteiger charge is -2.10. The lowest BCUT2D eigenvalue weighted by molar-refractivity contribution is -0.119. The van der Waals surface area contributed by atoms with Crippen molar-refractivity contribution >= 4 is 11.6 Å². The molecule has 0 unspecified atom stereocenters. The van der Waals surface area contributed by atoms with Crippen molar-refractivity contribution in [1.82, 2.24) is 20.2 Å². The Morgan fingerprint density at radius 3 is 2.50 bits per heavy atom. The van der Waals surface area contributed by atoms with E-state index in [1.54, 1.807) is 0 Å². The maximum Gasteiger partial charge on any atom is 0.227 e. The van der Waals surface area contributed by atoms with E-state index in [2.05, 4.69) is 20.8 Å². The maximum atomic E-state index is 12.1. The zero-order valence-corrected chi connectivity index (χ0v) is 12.4. The molecule has 2 aliphatic rings. The van der Waals surface area contributed by atoms with Gasteiger partial charge in [-0.3, -0.25) is 4.79 Å². The number of tetrazole rings is 1. The van der Waals surface area contributed by atoms with Crippen LogP contribution in [0.3, 0.4) is 0 Å². The summed E-state index contributed by atoms with van der Waals surface area (Å²) in [5.41, 5.74) is 1.82. The van der Waals surface area contributed by atoms with Crippen LogP contribution in [0.4, 0.5) is 5.69 Å². The fourth-order valence-electron chi connectivity index (χ4n) is 3.08. The van der Waals surface area contributed by atoms with Gasteiger partial charge in [0.15, 0.2) is 5.82 Å². The summed E-state index contributed by atoms with van der Waals surface area (Å²) in [7, 11) is 0. The summed E-state index contributed by atoms with van der Waals surface area (Å²) in [6.07, 6.45) is 6.66. The molecule has 6 nitrogen and oxygen atoms in total. The van der Waals surface area contributed by atoms with Gasteiger partial charge in [0.05, 0.1) is 6.04 Å². The second-order valence-corrected chi connectivity index (χ2v) is 6.23. The van der Waals surface area contributed by atoms with Crippen LogP contribution in [0.5, 0.6) is 0 Å². The summed E-state index contributed by atoms with van der Waals surface area (Å²) < 4.78 is 1.89. The van der Waals surface area contributed by atoms with Crippen molar-refractivity contribution in [3.8, 4) is 11.4 Å². The van der Waals surface area contributed by atoms with Crippen LogP contribution < -0.4 is 5.32 Å². The molecule has 1 N–H and O–H groups in total. The number of amides is 1. The first-order chi connectivity index (χ1) is 10.8. The molecular formula is C16H19N5O. The molecule has 2 aromatic rings. The molecule has 0 bridgehead atoms. The molecular weight excluding hydrogens is 278 g/mol. The van der Waals surface area contributed by atoms with Gasteiger partial charge in [-0.1, -0.05) is 12.8 Å². The minimum absolute atomic E-state index is 0.146. The first-order valence-corrected chi connectivity index (χ1v) is 8.00. The van der Waals surface area contributed by atoms with E-state index in [9.17, 15) is 4.79 Å². The Hall–Kier alpha value is -2.24. The minimum atomic E-state index is 0.146. The van der Waals surface area contributed by atoms with Crippen LogP contribution in [-0.2, 0) is 4.79 Å². The minimum Gasteiger partial charge on any atom is -0.326 e. The highest BCUT2D eigenvalue weighted by Crippen LogP contribution is 2.36. The highest BCUT2D eigenvalue weighted by molar-refractivity contribution is 5.92. The van der Waals surface area contributed by atoms with E-state index >= 15 is 0 Å². The average Bonchev–Trinajstić information content (AvgIpc) is 3.05. The van der Waals surface area contributed by atoms with Gasteiger partial charge >= 0.3 is 0 Å². The zero-order valence-electron chi connectivity index (χ0n) is 12.4. The Morgan fingerprint density at radius 2 is 1.82 bits per heavy atom. The zero-order chi connectivity index (χ0) is 14.9. The van der Waals surface area contributed by atoms with E-state index < -0.39 is 0 Å². The fourth-order valence-corrected chi connectivity index (χ4v) is 3.08. The van der Waals surface area contributed by atoms with Crippen LogP contribution in [0.1, 0.15) is 44.6 Å². The molecule has 1 heterocycles. The standard InChI is InChI=1S/C16H19N5O/c22-16(12-3-1-2-4-12)17-13-7-5-11(6-8-13)15-18-19-20-21(15)14-9-10-14/h5-8,12,14H,1-4,9-10H2,(H,17,22). The Morgan fingerprint density at radius 1 is 1.09 bits per heavy atom. The van der Waals surface area contributed by atoms with Gasteiger partial charge < -0.3 is 5.32 Å². The predicted molar refractivity (Wildman–Crippen MR) is 82.1 cm³/mol. The number of aromatic nitrogens is 4. The van der Waals surface area contributed by atoms with E-state index in [1.807, 2.05) is 28.9 Å². The molecule has 0 radical (unpaired) electrons. The van der Waals surface area contributed by atoms with Gasteiger partial charge in [0, 0.05) is 17.2 Å². The largest absolute Gasteiger partial charge is 0.326 e. The van der Waals surface area contributed by atoms with E-state index in [-0.39, 0.29) is 11.8 Å². The molecule has 2 saturated carbocycles. The number of hydrogen-bond acceptors (Lipinski definition) is 4. The van der Waals surface area contributed by atoms with Crippen LogP contribution in [0, 0.1) is 5.92 Å². The topological polar surface area (TPSA) is 72.7 Å². The van der Waals surface area contributed by atoms with Gasteiger partial charge in [-0.05, 0) is 60.4 Å². The Balaban J connectivity index is 1.48. The van der Waals surface area contributed by atoms with Gasteiger partial charge in [-0.15, -0.1) is 5.10 Å². The Bertz CT molecular complexity index is 668. The van der Waals surface area contributed by atoms with Crippen molar-refractivity contribution in [2.75, 3.05) is 5.32 Å². The number of benzene rings is 1. The molecule has 4 rings (SSSR count). The van der Waals surface area contributed by atoms with Crippen molar-refractivity contribution in [3.63, 3.8) is 0 Å². The predicted octanol–water partition coefficient (Wildman–Crippen LogP) is 2.80. The molecule has 2 fully saturated rings. The summed E-state index contributed by atoms with van der Waals surface area (Å²) in [5, 5.41) is 15.0. The molecule has 22 heavy (non-hydrogen) atoms. The fraction of sp³-hybridized carbons (Fsp3) is 0.500. The third-order valence-electron chi connectivity index (χ3n) is 4.52. The Kier molecular flexibility index (Phi) is 3.36. The SMILES string of the molecule is O=C(Nc1ccc(-c2nnnn2C2CC2)cc1)C1CCCC1. The summed E-state index contributed by atoms with van der Waals surface area (Å²) >= 11 is 0. The van der Waals surface area contributed by atoms with E-state index in [0.29, 0.717) is 6.04 Å². The van der Waals surface area contributed by atoms with Gasteiger partial charge in [-0.2, -0.15) is 0 Å². The smallest absolute Gasteiger partial charge is 0.227 e. The van der Waals surface area contributed by atoms with Crippen molar-refractivity contribution in [3.05, 3.63) is 24.3 Å². The van der Waals surface area contributed by atoms with Crippen LogP contribution in [-0.4, -0.2) is 26.1 Å². The normalized spacial score (nSPS) is 18.5. The molecule has 1 amide bonds. The Labute approximate surface area is 128 Å². The van der Waals surface area contributed by atoms with Crippen molar-refractivity contribution in [2.24, 2.45) is 5.92 Å². The number of carbonyl (C=O) groups excluding carboxylic acids is 1. The average molecular weight is 297 g/mol. The number of rotatable bonds is 4. The molecule has 6 heteroatoms. The molecule has 1 aromatic carbocycles. The van der Waals surface area contributed by atoms with Crippen molar-refractivity contribution in [1.29, 1.82) is 0 Å². The number of carbonyl (C=O) groups is 1.